The predicted molar refractivity (Wildman–Crippen MR) is 101 cm³/mol. The number of aryl methyl sites for hydroxylation is 2. The molecule has 4 heterocycles. The van der Waals surface area contributed by atoms with Gasteiger partial charge in [0.05, 0.1) is 11.2 Å². The van der Waals surface area contributed by atoms with Crippen LogP contribution in [-0.2, 0) is 6.54 Å². The van der Waals surface area contributed by atoms with Crippen LogP contribution in [0, 0.1) is 13.8 Å². The molecule has 1 saturated heterocycles. The van der Waals surface area contributed by atoms with Crippen molar-refractivity contribution in [1.29, 1.82) is 0 Å². The van der Waals surface area contributed by atoms with E-state index in [9.17, 15) is 0 Å². The minimum atomic E-state index is 0.458. The zero-order valence-electron chi connectivity index (χ0n) is 14.7. The second kappa shape index (κ2) is 7.06. The molecule has 0 aromatic carbocycles. The van der Waals surface area contributed by atoms with Gasteiger partial charge < -0.3 is 4.57 Å². The molecule has 130 valence electrons. The third-order valence-corrected chi connectivity index (χ3v) is 5.88. The number of piperidine rings is 1. The van der Waals surface area contributed by atoms with Gasteiger partial charge in [0.2, 0.25) is 0 Å². The van der Waals surface area contributed by atoms with Crippen LogP contribution in [0.3, 0.4) is 0 Å². The van der Waals surface area contributed by atoms with Crippen LogP contribution >= 0.6 is 11.3 Å². The van der Waals surface area contributed by atoms with Crippen molar-refractivity contribution in [3.8, 4) is 11.4 Å². The summed E-state index contributed by atoms with van der Waals surface area (Å²) in [5.41, 5.74) is 5.43. The van der Waals surface area contributed by atoms with Crippen molar-refractivity contribution in [1.82, 2.24) is 24.4 Å². The molecule has 0 N–H and O–H groups in total. The first kappa shape index (κ1) is 16.4. The molecule has 1 atom stereocenters. The third-order valence-electron chi connectivity index (χ3n) is 4.96. The fourth-order valence-electron chi connectivity index (χ4n) is 3.68. The Bertz CT molecular complexity index is 839. The van der Waals surface area contributed by atoms with Gasteiger partial charge in [-0.2, -0.15) is 0 Å². The molecule has 0 spiro atoms. The van der Waals surface area contributed by atoms with Gasteiger partial charge in [0.25, 0.3) is 0 Å². The first-order chi connectivity index (χ1) is 12.2. The van der Waals surface area contributed by atoms with Gasteiger partial charge in [0.15, 0.2) is 0 Å². The van der Waals surface area contributed by atoms with E-state index in [0.717, 1.165) is 31.0 Å². The predicted octanol–water partition coefficient (Wildman–Crippen LogP) is 3.86. The Balaban J connectivity index is 1.58. The van der Waals surface area contributed by atoms with Crippen molar-refractivity contribution in [2.45, 2.75) is 39.3 Å². The van der Waals surface area contributed by atoms with E-state index in [1.807, 2.05) is 30.2 Å². The number of thiazole rings is 1. The summed E-state index contributed by atoms with van der Waals surface area (Å²) < 4.78 is 2.41. The monoisotopic (exact) mass is 353 g/mol. The number of rotatable bonds is 4. The largest absolute Gasteiger partial charge is 0.324 e. The molecule has 5 nitrogen and oxygen atoms in total. The minimum Gasteiger partial charge on any atom is -0.324 e. The quantitative estimate of drug-likeness (QED) is 0.715. The molecule has 0 radical (unpaired) electrons. The Kier molecular flexibility index (Phi) is 4.63. The van der Waals surface area contributed by atoms with Crippen LogP contribution in [0.5, 0.6) is 0 Å². The van der Waals surface area contributed by atoms with E-state index in [1.54, 1.807) is 11.3 Å². The lowest BCUT2D eigenvalue weighted by molar-refractivity contribution is 0.171. The van der Waals surface area contributed by atoms with Gasteiger partial charge in [0, 0.05) is 53.9 Å². The Hall–Kier alpha value is -2.05. The molecule has 1 aliphatic heterocycles. The Morgan fingerprint density at radius 3 is 2.92 bits per heavy atom. The molecule has 4 rings (SSSR count). The van der Waals surface area contributed by atoms with Crippen LogP contribution in [0.1, 0.15) is 35.1 Å². The molecule has 3 aromatic rings. The maximum absolute atomic E-state index is 4.67. The smallest absolute Gasteiger partial charge is 0.141 e. The van der Waals surface area contributed by atoms with E-state index in [2.05, 4.69) is 44.3 Å². The SMILES string of the molecule is Cc1ncsc1CN1CCCC(n2c(C)cnc2-c2cccnc2)C1. The maximum Gasteiger partial charge on any atom is 0.141 e. The summed E-state index contributed by atoms with van der Waals surface area (Å²) >= 11 is 1.76. The van der Waals surface area contributed by atoms with Gasteiger partial charge in [-0.25, -0.2) is 9.97 Å². The number of likely N-dealkylation sites (tertiary alicyclic amines) is 1. The molecule has 3 aromatic heterocycles. The second-order valence-electron chi connectivity index (χ2n) is 6.73. The van der Waals surface area contributed by atoms with Gasteiger partial charge in [-0.3, -0.25) is 9.88 Å². The van der Waals surface area contributed by atoms with Gasteiger partial charge in [-0.15, -0.1) is 11.3 Å². The Morgan fingerprint density at radius 2 is 2.16 bits per heavy atom. The van der Waals surface area contributed by atoms with Crippen LogP contribution in [0.2, 0.25) is 0 Å². The van der Waals surface area contributed by atoms with E-state index >= 15 is 0 Å². The van der Waals surface area contributed by atoms with Gasteiger partial charge in [-0.05, 0) is 45.4 Å². The fourth-order valence-corrected chi connectivity index (χ4v) is 4.50. The summed E-state index contributed by atoms with van der Waals surface area (Å²) in [6, 6.07) is 4.52. The Labute approximate surface area is 152 Å². The van der Waals surface area contributed by atoms with Crippen molar-refractivity contribution >= 4 is 11.3 Å². The third kappa shape index (κ3) is 3.37. The zero-order chi connectivity index (χ0) is 17.2. The first-order valence-electron chi connectivity index (χ1n) is 8.78. The molecule has 1 fully saturated rings. The lowest BCUT2D eigenvalue weighted by Gasteiger charge is -2.34. The highest BCUT2D eigenvalue weighted by molar-refractivity contribution is 7.09. The topological polar surface area (TPSA) is 46.8 Å². The molecule has 0 aliphatic carbocycles. The van der Waals surface area contributed by atoms with Crippen LogP contribution in [0.15, 0.2) is 36.2 Å². The lowest BCUT2D eigenvalue weighted by atomic mass is 10.0. The van der Waals surface area contributed by atoms with Crippen LogP contribution < -0.4 is 0 Å². The van der Waals surface area contributed by atoms with E-state index in [1.165, 1.54) is 29.1 Å². The molecule has 1 unspecified atom stereocenters. The van der Waals surface area contributed by atoms with E-state index < -0.39 is 0 Å². The maximum atomic E-state index is 4.67. The number of pyridine rings is 1. The first-order valence-corrected chi connectivity index (χ1v) is 9.66. The number of hydrogen-bond acceptors (Lipinski definition) is 5. The van der Waals surface area contributed by atoms with Crippen molar-refractivity contribution in [2.24, 2.45) is 0 Å². The molecule has 0 amide bonds. The summed E-state index contributed by atoms with van der Waals surface area (Å²) in [6.07, 6.45) is 8.10. The summed E-state index contributed by atoms with van der Waals surface area (Å²) in [5, 5.41) is 0. The molecule has 0 saturated carbocycles. The number of imidazole rings is 1. The average Bonchev–Trinajstić information content (AvgIpc) is 3.22. The summed E-state index contributed by atoms with van der Waals surface area (Å²) in [5.74, 6) is 1.03. The van der Waals surface area contributed by atoms with E-state index in [-0.39, 0.29) is 0 Å². The lowest BCUT2D eigenvalue weighted by Crippen LogP contribution is -2.36. The number of hydrogen-bond donors (Lipinski definition) is 0. The summed E-state index contributed by atoms with van der Waals surface area (Å²) in [7, 11) is 0. The van der Waals surface area contributed by atoms with Crippen molar-refractivity contribution in [3.05, 3.63) is 52.5 Å². The number of aromatic nitrogens is 4. The molecule has 6 heteroatoms. The minimum absolute atomic E-state index is 0.458. The normalized spacial score (nSPS) is 18.6. The highest BCUT2D eigenvalue weighted by Crippen LogP contribution is 2.30. The standard InChI is InChI=1S/C19H23N5S/c1-14-9-21-19(16-5-3-7-20-10-16)24(14)17-6-4-8-23(11-17)12-18-15(2)22-13-25-18/h3,5,7,9-10,13,17H,4,6,8,11-12H2,1-2H3. The van der Waals surface area contributed by atoms with Crippen LogP contribution in [-0.4, -0.2) is 37.5 Å². The second-order valence-corrected chi connectivity index (χ2v) is 7.67. The van der Waals surface area contributed by atoms with Gasteiger partial charge in [-0.1, -0.05) is 0 Å². The zero-order valence-corrected chi connectivity index (χ0v) is 15.5. The van der Waals surface area contributed by atoms with Crippen molar-refractivity contribution in [2.75, 3.05) is 13.1 Å². The highest BCUT2D eigenvalue weighted by atomic mass is 32.1. The van der Waals surface area contributed by atoms with Crippen LogP contribution in [0.4, 0.5) is 0 Å². The van der Waals surface area contributed by atoms with Crippen molar-refractivity contribution < 1.29 is 0 Å². The number of nitrogens with zero attached hydrogens (tertiary/aromatic N) is 5. The van der Waals surface area contributed by atoms with Crippen molar-refractivity contribution in [3.63, 3.8) is 0 Å². The summed E-state index contributed by atoms with van der Waals surface area (Å²) in [6.45, 7) is 7.47. The molecule has 25 heavy (non-hydrogen) atoms. The molecule has 0 bridgehead atoms. The van der Waals surface area contributed by atoms with Gasteiger partial charge in [0.1, 0.15) is 5.82 Å². The van der Waals surface area contributed by atoms with Crippen LogP contribution in [0.25, 0.3) is 11.4 Å². The summed E-state index contributed by atoms with van der Waals surface area (Å²) in [4.78, 5) is 17.3. The molecular weight excluding hydrogens is 330 g/mol. The fraction of sp³-hybridized carbons (Fsp3) is 0.421. The molecule has 1 aliphatic rings. The Morgan fingerprint density at radius 1 is 1.24 bits per heavy atom. The van der Waals surface area contributed by atoms with E-state index in [4.69, 9.17) is 0 Å². The molecular formula is C19H23N5S. The van der Waals surface area contributed by atoms with Gasteiger partial charge >= 0.3 is 0 Å². The highest BCUT2D eigenvalue weighted by Gasteiger charge is 2.25. The average molecular weight is 353 g/mol. The van der Waals surface area contributed by atoms with E-state index in [0.29, 0.717) is 6.04 Å².